The Kier molecular flexibility index (Phi) is 6.34. The SMILES string of the molecule is CCc1ccc(NC(=S)NC2C[C@H]3CCC[C@H](C2)N3C2CCCCC2)cc1. The Morgan fingerprint density at radius 1 is 0.926 bits per heavy atom. The number of benzene rings is 1. The van der Waals surface area contributed by atoms with Gasteiger partial charge in [0.15, 0.2) is 5.11 Å². The molecule has 2 heterocycles. The van der Waals surface area contributed by atoms with E-state index in [1.165, 1.54) is 69.8 Å². The third-order valence-corrected chi connectivity index (χ3v) is 7.20. The van der Waals surface area contributed by atoms with Crippen LogP contribution in [0.25, 0.3) is 0 Å². The molecule has 3 nitrogen and oxygen atoms in total. The van der Waals surface area contributed by atoms with Gasteiger partial charge in [-0.15, -0.1) is 0 Å². The first-order chi connectivity index (χ1) is 13.2. The van der Waals surface area contributed by atoms with Gasteiger partial charge in [-0.3, -0.25) is 4.90 Å². The van der Waals surface area contributed by atoms with Crippen molar-refractivity contribution in [2.45, 2.75) is 102 Å². The van der Waals surface area contributed by atoms with Crippen molar-refractivity contribution in [3.63, 3.8) is 0 Å². The predicted octanol–water partition coefficient (Wildman–Crippen LogP) is 5.25. The van der Waals surface area contributed by atoms with Gasteiger partial charge in [-0.25, -0.2) is 0 Å². The zero-order valence-electron chi connectivity index (χ0n) is 16.8. The van der Waals surface area contributed by atoms with Gasteiger partial charge in [0.05, 0.1) is 0 Å². The number of hydrogen-bond donors (Lipinski definition) is 2. The molecule has 4 rings (SSSR count). The summed E-state index contributed by atoms with van der Waals surface area (Å²) in [5.74, 6) is 0. The molecule has 2 aliphatic heterocycles. The van der Waals surface area contributed by atoms with Crippen LogP contribution in [0, 0.1) is 0 Å². The molecule has 1 aliphatic carbocycles. The maximum absolute atomic E-state index is 5.63. The Hall–Kier alpha value is -1.13. The molecule has 3 aliphatic rings. The molecule has 27 heavy (non-hydrogen) atoms. The molecule has 1 aromatic rings. The van der Waals surface area contributed by atoms with Gasteiger partial charge in [-0.05, 0) is 74.9 Å². The van der Waals surface area contributed by atoms with Crippen molar-refractivity contribution in [2.24, 2.45) is 0 Å². The lowest BCUT2D eigenvalue weighted by Gasteiger charge is -2.53. The molecule has 2 bridgehead atoms. The maximum atomic E-state index is 5.63. The van der Waals surface area contributed by atoms with E-state index in [9.17, 15) is 0 Å². The van der Waals surface area contributed by atoms with E-state index in [0.717, 1.165) is 35.3 Å². The van der Waals surface area contributed by atoms with Crippen molar-refractivity contribution < 1.29 is 0 Å². The largest absolute Gasteiger partial charge is 0.360 e. The first-order valence-electron chi connectivity index (χ1n) is 11.2. The number of piperidine rings is 2. The normalized spacial score (nSPS) is 29.3. The molecule has 1 saturated carbocycles. The number of nitrogens with one attached hydrogen (secondary N) is 2. The van der Waals surface area contributed by atoms with Crippen LogP contribution in [0.15, 0.2) is 24.3 Å². The molecular formula is C23H35N3S. The van der Waals surface area contributed by atoms with E-state index in [4.69, 9.17) is 12.2 Å². The van der Waals surface area contributed by atoms with Gasteiger partial charge < -0.3 is 10.6 Å². The van der Waals surface area contributed by atoms with Gasteiger partial charge >= 0.3 is 0 Å². The van der Waals surface area contributed by atoms with Crippen molar-refractivity contribution in [3.8, 4) is 0 Å². The molecule has 148 valence electrons. The second-order valence-corrected chi connectivity index (χ2v) is 9.20. The third kappa shape index (κ3) is 4.65. The molecule has 0 aromatic heterocycles. The highest BCUT2D eigenvalue weighted by Gasteiger charge is 2.41. The lowest BCUT2D eigenvalue weighted by molar-refractivity contribution is -0.0195. The van der Waals surface area contributed by atoms with Crippen LogP contribution in [0.1, 0.15) is 76.7 Å². The van der Waals surface area contributed by atoms with E-state index in [1.807, 2.05) is 0 Å². The number of rotatable bonds is 4. The second kappa shape index (κ2) is 8.91. The fourth-order valence-corrected chi connectivity index (χ4v) is 5.97. The molecule has 0 radical (unpaired) electrons. The monoisotopic (exact) mass is 385 g/mol. The summed E-state index contributed by atoms with van der Waals surface area (Å²) in [6, 6.07) is 11.5. The van der Waals surface area contributed by atoms with Crippen molar-refractivity contribution in [1.29, 1.82) is 0 Å². The van der Waals surface area contributed by atoms with Gasteiger partial charge in [0.25, 0.3) is 0 Å². The first kappa shape index (κ1) is 19.2. The smallest absolute Gasteiger partial charge is 0.170 e. The molecule has 2 atom stereocenters. The van der Waals surface area contributed by atoms with Crippen LogP contribution in [-0.4, -0.2) is 34.2 Å². The summed E-state index contributed by atoms with van der Waals surface area (Å²) < 4.78 is 0. The zero-order valence-corrected chi connectivity index (χ0v) is 17.6. The Morgan fingerprint density at radius 3 is 2.19 bits per heavy atom. The minimum atomic E-state index is 0.523. The second-order valence-electron chi connectivity index (χ2n) is 8.79. The average Bonchev–Trinajstić information content (AvgIpc) is 2.68. The van der Waals surface area contributed by atoms with Crippen molar-refractivity contribution in [2.75, 3.05) is 5.32 Å². The highest BCUT2D eigenvalue weighted by Crippen LogP contribution is 2.39. The number of aryl methyl sites for hydroxylation is 1. The molecule has 2 N–H and O–H groups in total. The lowest BCUT2D eigenvalue weighted by Crippen LogP contribution is -2.60. The van der Waals surface area contributed by atoms with Crippen molar-refractivity contribution >= 4 is 23.0 Å². The highest BCUT2D eigenvalue weighted by atomic mass is 32.1. The van der Waals surface area contributed by atoms with E-state index in [-0.39, 0.29) is 0 Å². The van der Waals surface area contributed by atoms with Gasteiger partial charge in [0, 0.05) is 29.9 Å². The summed E-state index contributed by atoms with van der Waals surface area (Å²) >= 11 is 5.63. The maximum Gasteiger partial charge on any atom is 0.170 e. The molecule has 4 heteroatoms. The standard InChI is InChI=1S/C23H35N3S/c1-2-17-11-13-18(14-12-17)24-23(27)25-19-15-21-9-6-10-22(16-19)26(21)20-7-4-3-5-8-20/h11-14,19-22H,2-10,15-16H2,1H3,(H2,24,25,27)/t21-,22-/m1/s1. The van der Waals surface area contributed by atoms with Crippen LogP contribution in [0.3, 0.4) is 0 Å². The summed E-state index contributed by atoms with van der Waals surface area (Å²) in [6.07, 6.45) is 14.9. The topological polar surface area (TPSA) is 27.3 Å². The van der Waals surface area contributed by atoms with Crippen LogP contribution < -0.4 is 10.6 Å². The van der Waals surface area contributed by atoms with Crippen molar-refractivity contribution in [1.82, 2.24) is 10.2 Å². The van der Waals surface area contributed by atoms with Gasteiger partial charge in [0.1, 0.15) is 0 Å². The van der Waals surface area contributed by atoms with E-state index >= 15 is 0 Å². The minimum Gasteiger partial charge on any atom is -0.360 e. The summed E-state index contributed by atoms with van der Waals surface area (Å²) in [5.41, 5.74) is 2.45. The fraction of sp³-hybridized carbons (Fsp3) is 0.696. The summed E-state index contributed by atoms with van der Waals surface area (Å²) in [5, 5.41) is 7.81. The molecule has 1 aromatic carbocycles. The van der Waals surface area contributed by atoms with E-state index < -0.39 is 0 Å². The number of thiocarbonyl (C=S) groups is 1. The fourth-order valence-electron chi connectivity index (χ4n) is 5.69. The quantitative estimate of drug-likeness (QED) is 0.692. The summed E-state index contributed by atoms with van der Waals surface area (Å²) in [7, 11) is 0. The van der Waals surface area contributed by atoms with Crippen LogP contribution in [0.5, 0.6) is 0 Å². The van der Waals surface area contributed by atoms with Crippen LogP contribution in [-0.2, 0) is 6.42 Å². The zero-order chi connectivity index (χ0) is 18.6. The van der Waals surface area contributed by atoms with E-state index in [1.54, 1.807) is 0 Å². The van der Waals surface area contributed by atoms with E-state index in [0.29, 0.717) is 6.04 Å². The Balaban J connectivity index is 1.33. The number of hydrogen-bond acceptors (Lipinski definition) is 2. The minimum absolute atomic E-state index is 0.523. The summed E-state index contributed by atoms with van der Waals surface area (Å²) in [4.78, 5) is 2.95. The number of anilines is 1. The van der Waals surface area contributed by atoms with E-state index in [2.05, 4.69) is 46.7 Å². The Morgan fingerprint density at radius 2 is 1.56 bits per heavy atom. The van der Waals surface area contributed by atoms with Crippen LogP contribution in [0.2, 0.25) is 0 Å². The molecule has 0 spiro atoms. The molecular weight excluding hydrogens is 350 g/mol. The van der Waals surface area contributed by atoms with Gasteiger partial charge in [-0.1, -0.05) is 44.7 Å². The van der Waals surface area contributed by atoms with Crippen molar-refractivity contribution in [3.05, 3.63) is 29.8 Å². The van der Waals surface area contributed by atoms with Crippen LogP contribution >= 0.6 is 12.2 Å². The Bertz CT molecular complexity index is 609. The number of nitrogens with zero attached hydrogens (tertiary/aromatic N) is 1. The highest BCUT2D eigenvalue weighted by molar-refractivity contribution is 7.80. The predicted molar refractivity (Wildman–Crippen MR) is 118 cm³/mol. The van der Waals surface area contributed by atoms with Gasteiger partial charge in [-0.2, -0.15) is 0 Å². The lowest BCUT2D eigenvalue weighted by atomic mass is 9.78. The average molecular weight is 386 g/mol. The number of fused-ring (bicyclic) bond motifs is 2. The molecule has 3 fully saturated rings. The van der Waals surface area contributed by atoms with Gasteiger partial charge in [0.2, 0.25) is 0 Å². The molecule has 2 saturated heterocycles. The third-order valence-electron chi connectivity index (χ3n) is 6.98. The molecule has 0 amide bonds. The Labute approximate surface area is 170 Å². The first-order valence-corrected chi connectivity index (χ1v) is 11.6. The summed E-state index contributed by atoms with van der Waals surface area (Å²) in [6.45, 7) is 2.19. The molecule has 0 unspecified atom stereocenters. The van der Waals surface area contributed by atoms with Crippen LogP contribution in [0.4, 0.5) is 5.69 Å².